The molecule has 1 saturated heterocycles. The van der Waals surface area contributed by atoms with Crippen molar-refractivity contribution in [2.24, 2.45) is 0 Å². The van der Waals surface area contributed by atoms with Gasteiger partial charge in [0.1, 0.15) is 5.75 Å². The molecule has 34 heavy (non-hydrogen) atoms. The Bertz CT molecular complexity index is 1120. The zero-order valence-corrected chi connectivity index (χ0v) is 20.6. The molecule has 0 aromatic heterocycles. The fourth-order valence-electron chi connectivity index (χ4n) is 4.09. The Kier molecular flexibility index (Phi) is 8.46. The predicted octanol–water partition coefficient (Wildman–Crippen LogP) is 5.72. The summed E-state index contributed by atoms with van der Waals surface area (Å²) in [6.45, 7) is 3.97. The number of amides is 1. The van der Waals surface area contributed by atoms with Gasteiger partial charge in [-0.15, -0.1) is 0 Å². The van der Waals surface area contributed by atoms with E-state index < -0.39 is 0 Å². The first kappa shape index (κ1) is 24.6. The van der Waals surface area contributed by atoms with Gasteiger partial charge in [0.25, 0.3) is 5.91 Å². The summed E-state index contributed by atoms with van der Waals surface area (Å²) in [5.41, 5.74) is 2.63. The lowest BCUT2D eigenvalue weighted by Gasteiger charge is -2.36. The minimum atomic E-state index is -0.153. The molecule has 5 nitrogen and oxygen atoms in total. The van der Waals surface area contributed by atoms with Crippen molar-refractivity contribution < 1.29 is 14.3 Å². The number of carbonyl (C=O) groups is 1. The van der Waals surface area contributed by atoms with Crippen LogP contribution in [0.5, 0.6) is 5.75 Å². The highest BCUT2D eigenvalue weighted by Crippen LogP contribution is 2.26. The normalized spacial score (nSPS) is 15.2. The summed E-state index contributed by atoms with van der Waals surface area (Å²) in [6.07, 6.45) is -0.153. The Morgan fingerprint density at radius 1 is 0.941 bits per heavy atom. The summed E-state index contributed by atoms with van der Waals surface area (Å²) >= 11 is 12.4. The molecular formula is C27H28Cl2N2O3. The molecule has 1 atom stereocenters. The van der Waals surface area contributed by atoms with E-state index in [-0.39, 0.29) is 12.0 Å². The lowest BCUT2D eigenvalue weighted by atomic mass is 10.1. The van der Waals surface area contributed by atoms with E-state index >= 15 is 0 Å². The van der Waals surface area contributed by atoms with Gasteiger partial charge in [-0.3, -0.25) is 9.69 Å². The average Bonchev–Trinajstić information content (AvgIpc) is 2.87. The first-order chi connectivity index (χ1) is 16.5. The quantitative estimate of drug-likeness (QED) is 0.398. The van der Waals surface area contributed by atoms with Crippen molar-refractivity contribution in [2.75, 3.05) is 39.8 Å². The number of piperazine rings is 1. The second kappa shape index (κ2) is 11.7. The first-order valence-corrected chi connectivity index (χ1v) is 12.1. The molecule has 3 aromatic rings. The Morgan fingerprint density at radius 2 is 1.71 bits per heavy atom. The number of rotatable bonds is 8. The molecule has 0 radical (unpaired) electrons. The number of carbonyl (C=O) groups excluding carboxylic acids is 1. The van der Waals surface area contributed by atoms with Gasteiger partial charge < -0.3 is 14.4 Å². The molecule has 3 aromatic carbocycles. The minimum Gasteiger partial charge on any atom is -0.497 e. The maximum absolute atomic E-state index is 12.9. The largest absolute Gasteiger partial charge is 0.497 e. The summed E-state index contributed by atoms with van der Waals surface area (Å²) in [4.78, 5) is 17.1. The first-order valence-electron chi connectivity index (χ1n) is 11.3. The summed E-state index contributed by atoms with van der Waals surface area (Å²) in [5, 5.41) is 1.18. The molecule has 0 bridgehead atoms. The summed E-state index contributed by atoms with van der Waals surface area (Å²) in [5.74, 6) is 0.774. The predicted molar refractivity (Wildman–Crippen MR) is 136 cm³/mol. The van der Waals surface area contributed by atoms with Crippen LogP contribution in [0.1, 0.15) is 27.6 Å². The highest BCUT2D eigenvalue weighted by atomic mass is 35.5. The van der Waals surface area contributed by atoms with E-state index in [9.17, 15) is 4.79 Å². The number of ether oxygens (including phenoxy) is 2. The number of hydrogen-bond donors (Lipinski definition) is 0. The highest BCUT2D eigenvalue weighted by molar-refractivity contribution is 6.33. The summed E-state index contributed by atoms with van der Waals surface area (Å²) in [6, 6.07) is 22.9. The number of halogens is 2. The second-order valence-corrected chi connectivity index (χ2v) is 9.12. The van der Waals surface area contributed by atoms with Crippen LogP contribution < -0.4 is 4.74 Å². The van der Waals surface area contributed by atoms with Crippen molar-refractivity contribution >= 4 is 29.1 Å². The van der Waals surface area contributed by atoms with E-state index in [2.05, 4.69) is 11.0 Å². The molecule has 1 amide bonds. The van der Waals surface area contributed by atoms with Gasteiger partial charge in [-0.2, -0.15) is 0 Å². The Morgan fingerprint density at radius 3 is 2.44 bits per heavy atom. The molecule has 0 aliphatic carbocycles. The maximum atomic E-state index is 12.9. The van der Waals surface area contributed by atoms with Crippen molar-refractivity contribution in [2.45, 2.75) is 12.7 Å². The number of nitrogens with zero attached hydrogens (tertiary/aromatic N) is 2. The van der Waals surface area contributed by atoms with Crippen molar-refractivity contribution in [1.82, 2.24) is 9.80 Å². The third kappa shape index (κ3) is 6.30. The van der Waals surface area contributed by atoms with E-state index in [1.165, 1.54) is 0 Å². The zero-order chi connectivity index (χ0) is 23.9. The number of benzene rings is 3. The van der Waals surface area contributed by atoms with E-state index in [1.54, 1.807) is 19.2 Å². The lowest BCUT2D eigenvalue weighted by Crippen LogP contribution is -2.49. The van der Waals surface area contributed by atoms with Gasteiger partial charge >= 0.3 is 0 Å². The van der Waals surface area contributed by atoms with Crippen LogP contribution in [0.15, 0.2) is 72.8 Å². The van der Waals surface area contributed by atoms with E-state index in [4.69, 9.17) is 32.7 Å². The fourth-order valence-corrected chi connectivity index (χ4v) is 4.52. The van der Waals surface area contributed by atoms with Gasteiger partial charge in [0.15, 0.2) is 0 Å². The molecule has 1 unspecified atom stereocenters. The van der Waals surface area contributed by atoms with Crippen LogP contribution in [0.2, 0.25) is 10.0 Å². The molecule has 1 fully saturated rings. The molecule has 0 N–H and O–H groups in total. The standard InChI is InChI=1S/C27H28Cl2N2O3/c1-33-23-9-5-7-21(17-23)26(34-19-20-6-4-8-22(28)16-20)18-30-12-14-31(15-13-30)27(32)24-10-2-3-11-25(24)29/h2-11,16-17,26H,12-15,18-19H2,1H3. The topological polar surface area (TPSA) is 42.0 Å². The summed E-state index contributed by atoms with van der Waals surface area (Å²) in [7, 11) is 1.66. The van der Waals surface area contributed by atoms with E-state index in [0.29, 0.717) is 41.8 Å². The Labute approximate surface area is 210 Å². The average molecular weight is 499 g/mol. The molecule has 7 heteroatoms. The molecule has 1 aliphatic heterocycles. The molecule has 0 saturated carbocycles. The van der Waals surface area contributed by atoms with Crippen molar-refractivity contribution in [3.63, 3.8) is 0 Å². The van der Waals surface area contributed by atoms with Gasteiger partial charge in [-0.05, 0) is 47.5 Å². The SMILES string of the molecule is COc1cccc(C(CN2CCN(C(=O)c3ccccc3Cl)CC2)OCc2cccc(Cl)c2)c1. The number of methoxy groups -OCH3 is 1. The van der Waals surface area contributed by atoms with Gasteiger partial charge in [-0.1, -0.05) is 59.6 Å². The number of hydrogen-bond acceptors (Lipinski definition) is 4. The second-order valence-electron chi connectivity index (χ2n) is 8.28. The van der Waals surface area contributed by atoms with Crippen molar-refractivity contribution in [1.29, 1.82) is 0 Å². The van der Waals surface area contributed by atoms with Crippen LogP contribution in [0.4, 0.5) is 0 Å². The minimum absolute atomic E-state index is 0.0215. The molecular weight excluding hydrogens is 471 g/mol. The van der Waals surface area contributed by atoms with Crippen LogP contribution in [-0.2, 0) is 11.3 Å². The smallest absolute Gasteiger partial charge is 0.255 e. The fraction of sp³-hybridized carbons (Fsp3) is 0.296. The molecule has 178 valence electrons. The van der Waals surface area contributed by atoms with Crippen LogP contribution in [-0.4, -0.2) is 55.5 Å². The highest BCUT2D eigenvalue weighted by Gasteiger charge is 2.26. The van der Waals surface area contributed by atoms with Gasteiger partial charge in [0.2, 0.25) is 0 Å². The molecule has 1 heterocycles. The maximum Gasteiger partial charge on any atom is 0.255 e. The van der Waals surface area contributed by atoms with Crippen LogP contribution in [0.25, 0.3) is 0 Å². The van der Waals surface area contributed by atoms with Crippen LogP contribution >= 0.6 is 23.2 Å². The third-order valence-corrected chi connectivity index (χ3v) is 6.56. The van der Waals surface area contributed by atoms with Crippen molar-refractivity contribution in [3.8, 4) is 5.75 Å². The molecule has 1 aliphatic rings. The lowest BCUT2D eigenvalue weighted by molar-refractivity contribution is 0.00334. The van der Waals surface area contributed by atoms with E-state index in [1.807, 2.05) is 59.5 Å². The van der Waals surface area contributed by atoms with Crippen molar-refractivity contribution in [3.05, 3.63) is 99.5 Å². The zero-order valence-electron chi connectivity index (χ0n) is 19.1. The van der Waals surface area contributed by atoms with Crippen LogP contribution in [0, 0.1) is 0 Å². The van der Waals surface area contributed by atoms with Gasteiger partial charge in [-0.25, -0.2) is 0 Å². The van der Waals surface area contributed by atoms with E-state index in [0.717, 1.165) is 30.0 Å². The molecule has 4 rings (SSSR count). The summed E-state index contributed by atoms with van der Waals surface area (Å²) < 4.78 is 11.8. The Hall–Kier alpha value is -2.57. The Balaban J connectivity index is 1.42. The van der Waals surface area contributed by atoms with Crippen LogP contribution in [0.3, 0.4) is 0 Å². The molecule has 0 spiro atoms. The van der Waals surface area contributed by atoms with Gasteiger partial charge in [0, 0.05) is 37.7 Å². The van der Waals surface area contributed by atoms with Gasteiger partial charge in [0.05, 0.1) is 30.4 Å². The monoisotopic (exact) mass is 498 g/mol. The third-order valence-electron chi connectivity index (χ3n) is 5.99.